The average molecular weight is 245 g/mol. The van der Waals surface area contributed by atoms with Gasteiger partial charge in [-0.1, -0.05) is 6.07 Å². The molecule has 1 aromatic carbocycles. The molecule has 0 aliphatic carbocycles. The summed E-state index contributed by atoms with van der Waals surface area (Å²) in [6.07, 6.45) is 1.67. The van der Waals surface area contributed by atoms with Gasteiger partial charge in [-0.25, -0.2) is 0 Å². The van der Waals surface area contributed by atoms with Crippen molar-refractivity contribution in [2.45, 2.75) is 20.4 Å². The van der Waals surface area contributed by atoms with Crippen LogP contribution >= 0.6 is 0 Å². The molecule has 0 spiro atoms. The Morgan fingerprint density at radius 2 is 2.22 bits per heavy atom. The molecule has 0 saturated heterocycles. The van der Waals surface area contributed by atoms with E-state index in [0.717, 1.165) is 16.8 Å². The number of hydrogen-bond donors (Lipinski definition) is 3. The van der Waals surface area contributed by atoms with Gasteiger partial charge in [-0.15, -0.1) is 0 Å². The van der Waals surface area contributed by atoms with Gasteiger partial charge < -0.3 is 10.4 Å². The van der Waals surface area contributed by atoms with Crippen molar-refractivity contribution in [2.75, 3.05) is 0 Å². The molecule has 1 aromatic heterocycles. The Hall–Kier alpha value is -2.30. The number of nitrogens with one attached hydrogen (secondary N) is 2. The monoisotopic (exact) mass is 245 g/mol. The zero-order valence-corrected chi connectivity index (χ0v) is 10.3. The lowest BCUT2D eigenvalue weighted by atomic mass is 10.1. The highest BCUT2D eigenvalue weighted by atomic mass is 16.3. The van der Waals surface area contributed by atoms with Crippen LogP contribution in [0.25, 0.3) is 0 Å². The molecule has 0 radical (unpaired) electrons. The predicted octanol–water partition coefficient (Wildman–Crippen LogP) is 1.66. The summed E-state index contributed by atoms with van der Waals surface area (Å²) in [6, 6.07) is 4.97. The Morgan fingerprint density at radius 3 is 2.83 bits per heavy atom. The van der Waals surface area contributed by atoms with Gasteiger partial charge in [0, 0.05) is 17.8 Å². The van der Waals surface area contributed by atoms with Gasteiger partial charge >= 0.3 is 0 Å². The number of aryl methyl sites for hydroxylation is 2. The molecule has 1 heterocycles. The lowest BCUT2D eigenvalue weighted by Gasteiger charge is -2.07. The predicted molar refractivity (Wildman–Crippen MR) is 67.3 cm³/mol. The van der Waals surface area contributed by atoms with Gasteiger partial charge in [-0.05, 0) is 31.5 Å². The fourth-order valence-electron chi connectivity index (χ4n) is 1.66. The van der Waals surface area contributed by atoms with E-state index in [2.05, 4.69) is 15.5 Å². The number of nitrogens with zero attached hydrogens (tertiary/aromatic N) is 1. The van der Waals surface area contributed by atoms with Crippen molar-refractivity contribution in [3.63, 3.8) is 0 Å². The van der Waals surface area contributed by atoms with E-state index in [4.69, 9.17) is 0 Å². The van der Waals surface area contributed by atoms with E-state index in [1.807, 2.05) is 13.8 Å². The standard InChI is InChI=1S/C13H15N3O2/c1-8-3-4-11(12(17)5-8)13(18)14-6-10-7-15-16-9(10)2/h3-5,7,17H,6H2,1-2H3,(H,14,18)(H,15,16). The minimum Gasteiger partial charge on any atom is -0.507 e. The molecule has 0 bridgehead atoms. The fraction of sp³-hybridized carbons (Fsp3) is 0.231. The third kappa shape index (κ3) is 2.51. The molecule has 18 heavy (non-hydrogen) atoms. The number of phenolic OH excluding ortho intramolecular Hbond substituents is 1. The Morgan fingerprint density at radius 1 is 1.44 bits per heavy atom. The molecular weight excluding hydrogens is 230 g/mol. The number of rotatable bonds is 3. The van der Waals surface area contributed by atoms with Crippen LogP contribution in [0.1, 0.15) is 27.2 Å². The molecule has 3 N–H and O–H groups in total. The van der Waals surface area contributed by atoms with E-state index in [9.17, 15) is 9.90 Å². The summed E-state index contributed by atoms with van der Waals surface area (Å²) in [5.74, 6) is -0.301. The first-order valence-electron chi connectivity index (χ1n) is 5.64. The van der Waals surface area contributed by atoms with Crippen LogP contribution in [0.4, 0.5) is 0 Å². The minimum atomic E-state index is -0.298. The number of aromatic nitrogens is 2. The zero-order valence-electron chi connectivity index (χ0n) is 10.3. The second kappa shape index (κ2) is 4.91. The molecule has 5 heteroatoms. The third-order valence-electron chi connectivity index (χ3n) is 2.77. The van der Waals surface area contributed by atoms with Gasteiger partial charge in [-0.3, -0.25) is 9.89 Å². The van der Waals surface area contributed by atoms with Crippen LogP contribution in [0.3, 0.4) is 0 Å². The van der Waals surface area contributed by atoms with Crippen molar-refractivity contribution in [1.29, 1.82) is 0 Å². The van der Waals surface area contributed by atoms with E-state index in [1.165, 1.54) is 0 Å². The molecule has 2 aromatic rings. The smallest absolute Gasteiger partial charge is 0.255 e. The van der Waals surface area contributed by atoms with Crippen LogP contribution in [0.2, 0.25) is 0 Å². The van der Waals surface area contributed by atoms with Crippen LogP contribution in [-0.4, -0.2) is 21.2 Å². The van der Waals surface area contributed by atoms with E-state index in [1.54, 1.807) is 24.4 Å². The summed E-state index contributed by atoms with van der Waals surface area (Å²) in [5, 5.41) is 19.1. The first-order valence-corrected chi connectivity index (χ1v) is 5.64. The van der Waals surface area contributed by atoms with E-state index < -0.39 is 0 Å². The van der Waals surface area contributed by atoms with E-state index >= 15 is 0 Å². The largest absolute Gasteiger partial charge is 0.507 e. The third-order valence-corrected chi connectivity index (χ3v) is 2.77. The maximum Gasteiger partial charge on any atom is 0.255 e. The van der Waals surface area contributed by atoms with Gasteiger partial charge in [0.15, 0.2) is 0 Å². The SMILES string of the molecule is Cc1ccc(C(=O)NCc2cn[nH]c2C)c(O)c1. The van der Waals surface area contributed by atoms with Gasteiger partial charge in [0.25, 0.3) is 5.91 Å². The van der Waals surface area contributed by atoms with Crippen molar-refractivity contribution in [1.82, 2.24) is 15.5 Å². The lowest BCUT2D eigenvalue weighted by molar-refractivity contribution is 0.0948. The number of carbonyl (C=O) groups excluding carboxylic acids is 1. The normalized spacial score (nSPS) is 10.3. The number of hydrogen-bond acceptors (Lipinski definition) is 3. The number of carbonyl (C=O) groups is 1. The van der Waals surface area contributed by atoms with Gasteiger partial charge in [0.1, 0.15) is 5.75 Å². The van der Waals surface area contributed by atoms with Gasteiger partial charge in [-0.2, -0.15) is 5.10 Å². The van der Waals surface area contributed by atoms with Crippen LogP contribution in [0, 0.1) is 13.8 Å². The second-order valence-corrected chi connectivity index (χ2v) is 4.22. The Bertz CT molecular complexity index is 575. The second-order valence-electron chi connectivity index (χ2n) is 4.22. The summed E-state index contributed by atoms with van der Waals surface area (Å²) in [4.78, 5) is 11.9. The Balaban J connectivity index is 2.06. The molecule has 1 amide bonds. The maximum atomic E-state index is 11.9. The summed E-state index contributed by atoms with van der Waals surface area (Å²) in [5.41, 5.74) is 3.04. The number of benzene rings is 1. The molecular formula is C13H15N3O2. The van der Waals surface area contributed by atoms with Crippen molar-refractivity contribution < 1.29 is 9.90 Å². The van der Waals surface area contributed by atoms with Crippen LogP contribution in [-0.2, 0) is 6.54 Å². The van der Waals surface area contributed by atoms with E-state index in [-0.39, 0.29) is 17.2 Å². The Kier molecular flexibility index (Phi) is 3.32. The molecule has 94 valence electrons. The molecule has 0 aliphatic heterocycles. The quantitative estimate of drug-likeness (QED) is 0.769. The number of amides is 1. The van der Waals surface area contributed by atoms with Gasteiger partial charge in [0.05, 0.1) is 11.8 Å². The highest BCUT2D eigenvalue weighted by molar-refractivity contribution is 5.96. The topological polar surface area (TPSA) is 78.0 Å². The van der Waals surface area contributed by atoms with Crippen molar-refractivity contribution in [3.05, 3.63) is 46.8 Å². The van der Waals surface area contributed by atoms with Crippen molar-refractivity contribution in [3.8, 4) is 5.75 Å². The molecule has 5 nitrogen and oxygen atoms in total. The maximum absolute atomic E-state index is 11.9. The van der Waals surface area contributed by atoms with Crippen LogP contribution in [0.15, 0.2) is 24.4 Å². The van der Waals surface area contributed by atoms with Crippen LogP contribution < -0.4 is 5.32 Å². The summed E-state index contributed by atoms with van der Waals surface area (Å²) >= 11 is 0. The average Bonchev–Trinajstić information content (AvgIpc) is 2.72. The van der Waals surface area contributed by atoms with E-state index in [0.29, 0.717) is 6.54 Å². The Labute approximate surface area is 105 Å². The number of aromatic amines is 1. The van der Waals surface area contributed by atoms with Gasteiger partial charge in [0.2, 0.25) is 0 Å². The molecule has 0 saturated carbocycles. The number of aromatic hydroxyl groups is 1. The molecule has 2 rings (SSSR count). The summed E-state index contributed by atoms with van der Waals surface area (Å²) < 4.78 is 0. The first-order chi connectivity index (χ1) is 8.58. The zero-order chi connectivity index (χ0) is 13.1. The lowest BCUT2D eigenvalue weighted by Crippen LogP contribution is -2.23. The molecule has 0 unspecified atom stereocenters. The van der Waals surface area contributed by atoms with Crippen molar-refractivity contribution in [2.24, 2.45) is 0 Å². The molecule has 0 aliphatic rings. The van der Waals surface area contributed by atoms with Crippen molar-refractivity contribution >= 4 is 5.91 Å². The number of H-pyrrole nitrogens is 1. The number of phenols is 1. The summed E-state index contributed by atoms with van der Waals surface area (Å²) in [6.45, 7) is 4.13. The highest BCUT2D eigenvalue weighted by Crippen LogP contribution is 2.18. The first kappa shape index (κ1) is 12.2. The fourth-order valence-corrected chi connectivity index (χ4v) is 1.66. The highest BCUT2D eigenvalue weighted by Gasteiger charge is 2.11. The molecule has 0 fully saturated rings. The van der Waals surface area contributed by atoms with Crippen LogP contribution in [0.5, 0.6) is 5.75 Å². The summed E-state index contributed by atoms with van der Waals surface area (Å²) in [7, 11) is 0. The molecule has 0 atom stereocenters. The minimum absolute atomic E-state index is 0.00332.